The molecule has 1 aromatic rings. The van der Waals surface area contributed by atoms with E-state index in [2.05, 4.69) is 4.90 Å². The van der Waals surface area contributed by atoms with Crippen LogP contribution >= 0.6 is 0 Å². The maximum atomic E-state index is 13.4. The zero-order valence-electron chi connectivity index (χ0n) is 15.7. The summed E-state index contributed by atoms with van der Waals surface area (Å²) in [5.41, 5.74) is 0.308. The summed E-state index contributed by atoms with van der Waals surface area (Å²) < 4.78 is 45.5. The predicted molar refractivity (Wildman–Crippen MR) is 98.3 cm³/mol. The molecule has 0 radical (unpaired) electrons. The number of hydrogen-bond acceptors (Lipinski definition) is 5. The van der Waals surface area contributed by atoms with Gasteiger partial charge in [0.25, 0.3) is 0 Å². The number of benzene rings is 1. The third-order valence-electron chi connectivity index (χ3n) is 5.32. The lowest BCUT2D eigenvalue weighted by atomic mass is 10.2. The van der Waals surface area contributed by atoms with Crippen molar-refractivity contribution in [2.75, 3.05) is 53.0 Å². The minimum absolute atomic E-state index is 0.0949. The van der Waals surface area contributed by atoms with Gasteiger partial charge in [0.05, 0.1) is 17.5 Å². The van der Waals surface area contributed by atoms with Crippen molar-refractivity contribution in [2.45, 2.75) is 24.3 Å². The van der Waals surface area contributed by atoms with E-state index >= 15 is 0 Å². The van der Waals surface area contributed by atoms with E-state index in [-0.39, 0.29) is 16.8 Å². The number of sulfonamides is 1. The zero-order valence-corrected chi connectivity index (χ0v) is 16.5. The van der Waals surface area contributed by atoms with Crippen LogP contribution in [0.1, 0.15) is 12.0 Å². The molecule has 1 atom stereocenters. The van der Waals surface area contributed by atoms with Crippen LogP contribution in [0.25, 0.3) is 0 Å². The van der Waals surface area contributed by atoms with Crippen LogP contribution in [0.4, 0.5) is 4.39 Å². The monoisotopic (exact) mass is 399 g/mol. The molecule has 1 aromatic carbocycles. The van der Waals surface area contributed by atoms with Gasteiger partial charge in [0, 0.05) is 46.4 Å². The van der Waals surface area contributed by atoms with Crippen LogP contribution in [0.5, 0.6) is 0 Å². The van der Waals surface area contributed by atoms with Crippen LogP contribution in [-0.4, -0.2) is 87.5 Å². The minimum Gasteiger partial charge on any atom is -0.383 e. The number of rotatable bonds is 6. The Morgan fingerprint density at radius 3 is 2.52 bits per heavy atom. The smallest absolute Gasteiger partial charge is 0.243 e. The van der Waals surface area contributed by atoms with E-state index < -0.39 is 15.8 Å². The Morgan fingerprint density at radius 1 is 1.19 bits per heavy atom. The first-order valence-electron chi connectivity index (χ1n) is 9.12. The molecule has 2 heterocycles. The molecular weight excluding hydrogens is 373 g/mol. The maximum Gasteiger partial charge on any atom is 0.243 e. The highest BCUT2D eigenvalue weighted by atomic mass is 32.2. The van der Waals surface area contributed by atoms with Crippen molar-refractivity contribution in [3.63, 3.8) is 0 Å². The Balaban J connectivity index is 1.62. The summed E-state index contributed by atoms with van der Waals surface area (Å²) in [5, 5.41) is 0. The lowest BCUT2D eigenvalue weighted by molar-refractivity contribution is -0.133. The molecule has 1 unspecified atom stereocenters. The molecule has 7 nitrogen and oxygen atoms in total. The fourth-order valence-electron chi connectivity index (χ4n) is 3.67. The van der Waals surface area contributed by atoms with Gasteiger partial charge in [-0.25, -0.2) is 12.8 Å². The predicted octanol–water partition coefficient (Wildman–Crippen LogP) is 0.688. The lowest BCUT2D eigenvalue weighted by Gasteiger charge is -2.36. The van der Waals surface area contributed by atoms with Crippen LogP contribution in [0.2, 0.25) is 0 Å². The second-order valence-electron chi connectivity index (χ2n) is 6.97. The summed E-state index contributed by atoms with van der Waals surface area (Å²) in [6.07, 6.45) is 0.756. The van der Waals surface area contributed by atoms with E-state index in [0.717, 1.165) is 6.42 Å². The van der Waals surface area contributed by atoms with E-state index in [1.807, 2.05) is 0 Å². The molecule has 0 bridgehead atoms. The number of methoxy groups -OCH3 is 1. The molecule has 0 aromatic heterocycles. The molecule has 1 amide bonds. The molecule has 2 saturated heterocycles. The van der Waals surface area contributed by atoms with Gasteiger partial charge >= 0.3 is 0 Å². The fourth-order valence-corrected chi connectivity index (χ4v) is 5.17. The van der Waals surface area contributed by atoms with Gasteiger partial charge in [0.2, 0.25) is 15.9 Å². The molecule has 2 fully saturated rings. The highest BCUT2D eigenvalue weighted by molar-refractivity contribution is 7.89. The molecule has 3 rings (SSSR count). The number of amides is 1. The summed E-state index contributed by atoms with van der Waals surface area (Å²) in [7, 11) is -2.05. The third-order valence-corrected chi connectivity index (χ3v) is 7.21. The Morgan fingerprint density at radius 2 is 1.89 bits per heavy atom. The summed E-state index contributed by atoms with van der Waals surface area (Å²) >= 11 is 0. The van der Waals surface area contributed by atoms with Crippen molar-refractivity contribution < 1.29 is 22.3 Å². The molecule has 0 spiro atoms. The van der Waals surface area contributed by atoms with Crippen LogP contribution in [0, 0.1) is 12.7 Å². The number of carbonyl (C=O) groups is 1. The Labute approximate surface area is 159 Å². The first-order valence-corrected chi connectivity index (χ1v) is 10.6. The zero-order chi connectivity index (χ0) is 19.6. The number of likely N-dealkylation sites (tertiary alicyclic amines) is 1. The largest absolute Gasteiger partial charge is 0.383 e. The molecule has 9 heteroatoms. The summed E-state index contributed by atoms with van der Waals surface area (Å²) in [5.74, 6) is -0.325. The second-order valence-corrected chi connectivity index (χ2v) is 8.91. The number of aryl methyl sites for hydroxylation is 1. The van der Waals surface area contributed by atoms with Gasteiger partial charge in [-0.15, -0.1) is 0 Å². The molecule has 150 valence electrons. The number of halogens is 1. The van der Waals surface area contributed by atoms with Crippen molar-refractivity contribution in [2.24, 2.45) is 0 Å². The Bertz CT molecular complexity index is 794. The van der Waals surface area contributed by atoms with Gasteiger partial charge < -0.3 is 9.64 Å². The quantitative estimate of drug-likeness (QED) is 0.704. The van der Waals surface area contributed by atoms with Gasteiger partial charge in [-0.3, -0.25) is 9.69 Å². The highest BCUT2D eigenvalue weighted by Gasteiger charge is 2.38. The lowest BCUT2D eigenvalue weighted by Crippen LogP contribution is -2.53. The first kappa shape index (κ1) is 20.2. The summed E-state index contributed by atoms with van der Waals surface area (Å²) in [6.45, 7) is 5.02. The van der Waals surface area contributed by atoms with Gasteiger partial charge in [-0.2, -0.15) is 4.31 Å². The molecule has 27 heavy (non-hydrogen) atoms. The standard InChI is InChI=1S/C18H26FN3O4S/c1-14-13-15(3-4-16(14)19)27(24,25)22-9-7-20(8-10-22)17-5-6-21(18(17)23)11-12-26-2/h3-4,13,17H,5-12H2,1-2H3. The number of hydrogen-bond donors (Lipinski definition) is 0. The average Bonchev–Trinajstić information content (AvgIpc) is 3.02. The number of ether oxygens (including phenoxy) is 1. The van der Waals surface area contributed by atoms with Crippen molar-refractivity contribution in [1.29, 1.82) is 0 Å². The van der Waals surface area contributed by atoms with E-state index in [0.29, 0.717) is 51.4 Å². The number of piperazine rings is 1. The topological polar surface area (TPSA) is 70.2 Å². The van der Waals surface area contributed by atoms with Crippen LogP contribution < -0.4 is 0 Å². The van der Waals surface area contributed by atoms with Gasteiger partial charge in [0.1, 0.15) is 5.82 Å². The van der Waals surface area contributed by atoms with E-state index in [4.69, 9.17) is 4.74 Å². The van der Waals surface area contributed by atoms with Gasteiger partial charge in [0.15, 0.2) is 0 Å². The number of nitrogens with zero attached hydrogens (tertiary/aromatic N) is 3. The van der Waals surface area contributed by atoms with Crippen LogP contribution in [0.15, 0.2) is 23.1 Å². The average molecular weight is 399 g/mol. The minimum atomic E-state index is -3.66. The molecule has 2 aliphatic heterocycles. The van der Waals surface area contributed by atoms with E-state index in [9.17, 15) is 17.6 Å². The van der Waals surface area contributed by atoms with E-state index in [1.54, 1.807) is 18.9 Å². The highest BCUT2D eigenvalue weighted by Crippen LogP contribution is 2.23. The Kier molecular flexibility index (Phi) is 6.15. The Hall–Kier alpha value is -1.55. The van der Waals surface area contributed by atoms with Crippen molar-refractivity contribution >= 4 is 15.9 Å². The summed E-state index contributed by atoms with van der Waals surface area (Å²) in [6, 6.07) is 3.67. The van der Waals surface area contributed by atoms with Gasteiger partial charge in [-0.1, -0.05) is 0 Å². The molecule has 0 aliphatic carbocycles. The van der Waals surface area contributed by atoms with E-state index in [1.165, 1.54) is 22.5 Å². The van der Waals surface area contributed by atoms with Crippen molar-refractivity contribution in [3.8, 4) is 0 Å². The molecule has 0 N–H and O–H groups in total. The van der Waals surface area contributed by atoms with Crippen LogP contribution in [0.3, 0.4) is 0 Å². The summed E-state index contributed by atoms with van der Waals surface area (Å²) in [4.78, 5) is 16.5. The van der Waals surface area contributed by atoms with Crippen molar-refractivity contribution in [3.05, 3.63) is 29.6 Å². The second kappa shape index (κ2) is 8.22. The fraction of sp³-hybridized carbons (Fsp3) is 0.611. The van der Waals surface area contributed by atoms with Gasteiger partial charge in [-0.05, 0) is 37.1 Å². The third kappa shape index (κ3) is 4.16. The molecular formula is C18H26FN3O4S. The van der Waals surface area contributed by atoms with Crippen molar-refractivity contribution in [1.82, 2.24) is 14.1 Å². The van der Waals surface area contributed by atoms with Crippen LogP contribution in [-0.2, 0) is 19.6 Å². The maximum absolute atomic E-state index is 13.4. The first-order chi connectivity index (χ1) is 12.8. The molecule has 0 saturated carbocycles. The molecule has 2 aliphatic rings. The normalized spacial score (nSPS) is 22.6. The number of carbonyl (C=O) groups excluding carboxylic acids is 1. The SMILES string of the molecule is COCCN1CCC(N2CCN(S(=O)(=O)c3ccc(F)c(C)c3)CC2)C1=O.